The molecule has 0 radical (unpaired) electrons. The van der Waals surface area contributed by atoms with Crippen LogP contribution in [0, 0.1) is 6.92 Å². The highest BCUT2D eigenvalue weighted by atomic mass is 35.5. The maximum atomic E-state index is 9.80. The van der Waals surface area contributed by atoms with E-state index in [1.54, 1.807) is 6.92 Å². The van der Waals surface area contributed by atoms with Gasteiger partial charge in [-0.15, -0.1) is 12.4 Å². The van der Waals surface area contributed by atoms with Crippen LogP contribution >= 0.6 is 12.4 Å². The molecule has 2 N–H and O–H groups in total. The molecule has 2 aromatic rings. The number of benzene rings is 1. The molecular formula is C16H24ClN3O3. The molecule has 1 aromatic carbocycles. The normalized spacial score (nSPS) is 12.0. The number of aliphatic hydroxyl groups is 1. The van der Waals surface area contributed by atoms with Gasteiger partial charge in [-0.2, -0.15) is 4.98 Å². The minimum absolute atomic E-state index is 0. The van der Waals surface area contributed by atoms with Gasteiger partial charge in [0.05, 0.1) is 0 Å². The molecule has 0 aliphatic rings. The second kappa shape index (κ2) is 9.50. The fraction of sp³-hybridized carbons (Fsp3) is 0.500. The van der Waals surface area contributed by atoms with E-state index < -0.39 is 6.10 Å². The summed E-state index contributed by atoms with van der Waals surface area (Å²) in [7, 11) is 0. The molecule has 1 unspecified atom stereocenters. The molecule has 1 atom stereocenters. The summed E-state index contributed by atoms with van der Waals surface area (Å²) in [6, 6.07) is 8.03. The molecule has 0 spiro atoms. The zero-order valence-electron chi connectivity index (χ0n) is 13.7. The molecule has 0 bridgehead atoms. The van der Waals surface area contributed by atoms with Crippen LogP contribution in [0.1, 0.15) is 31.1 Å². The Morgan fingerprint density at radius 1 is 1.26 bits per heavy atom. The quantitative estimate of drug-likeness (QED) is 0.765. The molecular weight excluding hydrogens is 318 g/mol. The molecule has 6 nitrogen and oxygen atoms in total. The number of halogens is 1. The summed E-state index contributed by atoms with van der Waals surface area (Å²) >= 11 is 0. The van der Waals surface area contributed by atoms with Gasteiger partial charge in [0.1, 0.15) is 18.5 Å². The van der Waals surface area contributed by atoms with Crippen LogP contribution in [0.3, 0.4) is 0 Å². The third-order valence-corrected chi connectivity index (χ3v) is 3.06. The maximum absolute atomic E-state index is 9.80. The third-order valence-electron chi connectivity index (χ3n) is 3.06. The molecule has 7 heteroatoms. The fourth-order valence-corrected chi connectivity index (χ4v) is 1.92. The zero-order chi connectivity index (χ0) is 15.9. The van der Waals surface area contributed by atoms with Crippen molar-refractivity contribution in [2.75, 3.05) is 13.2 Å². The topological polar surface area (TPSA) is 80.4 Å². The summed E-state index contributed by atoms with van der Waals surface area (Å²) in [6.45, 7) is 6.64. The molecule has 0 saturated heterocycles. The van der Waals surface area contributed by atoms with E-state index in [4.69, 9.17) is 9.26 Å². The monoisotopic (exact) mass is 341 g/mol. The number of nitrogens with zero attached hydrogens (tertiary/aromatic N) is 2. The molecule has 128 valence electrons. The van der Waals surface area contributed by atoms with Crippen molar-refractivity contribution in [2.24, 2.45) is 0 Å². The first-order valence-corrected chi connectivity index (χ1v) is 7.45. The number of rotatable bonds is 8. The van der Waals surface area contributed by atoms with Crippen LogP contribution in [0.5, 0.6) is 5.75 Å². The molecule has 23 heavy (non-hydrogen) atoms. The standard InChI is InChI=1S/C16H23N3O3.ClH/c1-11(2)17-9-14(20)10-21-15-6-4-13(5-7-15)8-16-18-12(3)22-19-16;/h4-7,11,14,17,20H,8-10H2,1-3H3;1H. The maximum Gasteiger partial charge on any atom is 0.223 e. The van der Waals surface area contributed by atoms with E-state index in [9.17, 15) is 5.11 Å². The van der Waals surface area contributed by atoms with Crippen LogP contribution in [0.25, 0.3) is 0 Å². The average molecular weight is 342 g/mol. The number of ether oxygens (including phenoxy) is 1. The Hall–Kier alpha value is -1.63. The second-order valence-corrected chi connectivity index (χ2v) is 5.58. The Kier molecular flexibility index (Phi) is 8.02. The van der Waals surface area contributed by atoms with Gasteiger partial charge in [0.15, 0.2) is 5.82 Å². The molecule has 0 aliphatic carbocycles. The van der Waals surface area contributed by atoms with Gasteiger partial charge >= 0.3 is 0 Å². The minimum Gasteiger partial charge on any atom is -0.491 e. The highest BCUT2D eigenvalue weighted by molar-refractivity contribution is 5.85. The van der Waals surface area contributed by atoms with Crippen LogP contribution < -0.4 is 10.1 Å². The Bertz CT molecular complexity index is 572. The number of aliphatic hydroxyl groups excluding tert-OH is 1. The number of aromatic nitrogens is 2. The lowest BCUT2D eigenvalue weighted by Gasteiger charge is -2.15. The predicted octanol–water partition coefficient (Wildman–Crippen LogP) is 2.13. The third kappa shape index (κ3) is 6.99. The van der Waals surface area contributed by atoms with Gasteiger partial charge in [0.25, 0.3) is 0 Å². The van der Waals surface area contributed by atoms with Gasteiger partial charge in [-0.3, -0.25) is 0 Å². The van der Waals surface area contributed by atoms with Gasteiger partial charge in [-0.05, 0) is 17.7 Å². The van der Waals surface area contributed by atoms with Crippen molar-refractivity contribution in [1.29, 1.82) is 0 Å². The van der Waals surface area contributed by atoms with E-state index in [1.807, 2.05) is 38.1 Å². The van der Waals surface area contributed by atoms with Crippen molar-refractivity contribution in [2.45, 2.75) is 39.3 Å². The van der Waals surface area contributed by atoms with Gasteiger partial charge in [-0.25, -0.2) is 0 Å². The average Bonchev–Trinajstić information content (AvgIpc) is 2.89. The van der Waals surface area contributed by atoms with Crippen LogP contribution in [-0.2, 0) is 6.42 Å². The predicted molar refractivity (Wildman–Crippen MR) is 90.2 cm³/mol. The first kappa shape index (κ1) is 19.4. The van der Waals surface area contributed by atoms with Crippen LogP contribution in [0.4, 0.5) is 0 Å². The summed E-state index contributed by atoms with van der Waals surface area (Å²) < 4.78 is 10.5. The van der Waals surface area contributed by atoms with Crippen LogP contribution in [0.15, 0.2) is 28.8 Å². The lowest BCUT2D eigenvalue weighted by molar-refractivity contribution is 0.104. The lowest BCUT2D eigenvalue weighted by atomic mass is 10.1. The fourth-order valence-electron chi connectivity index (χ4n) is 1.92. The van der Waals surface area contributed by atoms with Crippen molar-refractivity contribution in [3.63, 3.8) is 0 Å². The van der Waals surface area contributed by atoms with E-state index in [0.29, 0.717) is 30.7 Å². The first-order chi connectivity index (χ1) is 10.5. The van der Waals surface area contributed by atoms with E-state index >= 15 is 0 Å². The highest BCUT2D eigenvalue weighted by Crippen LogP contribution is 2.14. The SMILES string of the molecule is Cc1nc(Cc2ccc(OCC(O)CNC(C)C)cc2)no1.Cl. The van der Waals surface area contributed by atoms with E-state index in [1.165, 1.54) is 0 Å². The highest BCUT2D eigenvalue weighted by Gasteiger charge is 2.07. The Labute approximate surface area is 142 Å². The Balaban J connectivity index is 0.00000264. The Morgan fingerprint density at radius 3 is 2.52 bits per heavy atom. The van der Waals surface area contributed by atoms with Crippen LogP contribution in [-0.4, -0.2) is 40.5 Å². The van der Waals surface area contributed by atoms with Gasteiger partial charge in [0.2, 0.25) is 5.89 Å². The first-order valence-electron chi connectivity index (χ1n) is 7.45. The molecule has 2 rings (SSSR count). The minimum atomic E-state index is -0.524. The van der Waals surface area contributed by atoms with Gasteiger partial charge in [-0.1, -0.05) is 31.1 Å². The molecule has 0 saturated carbocycles. The summed E-state index contributed by atoms with van der Waals surface area (Å²) in [5.74, 6) is 1.97. The smallest absolute Gasteiger partial charge is 0.223 e. The molecule has 0 amide bonds. The summed E-state index contributed by atoms with van der Waals surface area (Å²) in [5.41, 5.74) is 1.08. The number of aryl methyl sites for hydroxylation is 1. The van der Waals surface area contributed by atoms with Gasteiger partial charge in [0, 0.05) is 25.9 Å². The van der Waals surface area contributed by atoms with Crippen LogP contribution in [0.2, 0.25) is 0 Å². The number of hydrogen-bond acceptors (Lipinski definition) is 6. The van der Waals surface area contributed by atoms with E-state index in [-0.39, 0.29) is 19.0 Å². The molecule has 0 fully saturated rings. The Morgan fingerprint density at radius 2 is 1.96 bits per heavy atom. The zero-order valence-corrected chi connectivity index (χ0v) is 14.5. The van der Waals surface area contributed by atoms with Crippen molar-refractivity contribution >= 4 is 12.4 Å². The van der Waals surface area contributed by atoms with Gasteiger partial charge < -0.3 is 19.7 Å². The van der Waals surface area contributed by atoms with Crippen molar-refractivity contribution in [1.82, 2.24) is 15.5 Å². The number of nitrogens with one attached hydrogen (secondary N) is 1. The number of hydrogen-bond donors (Lipinski definition) is 2. The van der Waals surface area contributed by atoms with E-state index in [2.05, 4.69) is 15.5 Å². The lowest BCUT2D eigenvalue weighted by Crippen LogP contribution is -2.35. The largest absolute Gasteiger partial charge is 0.491 e. The molecule has 0 aliphatic heterocycles. The van der Waals surface area contributed by atoms with Crippen molar-refractivity contribution < 1.29 is 14.4 Å². The van der Waals surface area contributed by atoms with E-state index in [0.717, 1.165) is 11.3 Å². The molecule has 1 aromatic heterocycles. The summed E-state index contributed by atoms with van der Waals surface area (Å²) in [4.78, 5) is 4.17. The van der Waals surface area contributed by atoms with Crippen molar-refractivity contribution in [3.8, 4) is 5.75 Å². The summed E-state index contributed by atoms with van der Waals surface area (Å²) in [6.07, 6.45) is 0.0998. The van der Waals surface area contributed by atoms with Crippen molar-refractivity contribution in [3.05, 3.63) is 41.5 Å². The summed E-state index contributed by atoms with van der Waals surface area (Å²) in [5, 5.41) is 16.8. The molecule has 1 heterocycles. The second-order valence-electron chi connectivity index (χ2n) is 5.58.